The van der Waals surface area contributed by atoms with Crippen LogP contribution in [0.4, 0.5) is 4.79 Å². The van der Waals surface area contributed by atoms with Gasteiger partial charge in [-0.2, -0.15) is 0 Å². The Labute approximate surface area is 148 Å². The second-order valence-electron chi connectivity index (χ2n) is 6.57. The summed E-state index contributed by atoms with van der Waals surface area (Å²) in [5.74, 6) is 0.738. The van der Waals surface area contributed by atoms with Crippen molar-refractivity contribution in [3.05, 3.63) is 30.3 Å². The van der Waals surface area contributed by atoms with Crippen molar-refractivity contribution in [3.8, 4) is 5.75 Å². The van der Waals surface area contributed by atoms with Crippen LogP contribution >= 0.6 is 0 Å². The Morgan fingerprint density at radius 3 is 2.48 bits per heavy atom. The molecule has 2 fully saturated rings. The van der Waals surface area contributed by atoms with Crippen LogP contribution < -0.4 is 4.74 Å². The number of para-hydroxylation sites is 1. The Morgan fingerprint density at radius 2 is 1.84 bits per heavy atom. The van der Waals surface area contributed by atoms with Crippen LogP contribution in [0.1, 0.15) is 6.42 Å². The van der Waals surface area contributed by atoms with Gasteiger partial charge in [0.15, 0.2) is 0 Å². The van der Waals surface area contributed by atoms with E-state index in [2.05, 4.69) is 0 Å². The van der Waals surface area contributed by atoms with E-state index in [0.717, 1.165) is 5.75 Å². The molecule has 2 saturated heterocycles. The molecule has 3 rings (SSSR count). The third-order valence-corrected chi connectivity index (χ3v) is 4.54. The van der Waals surface area contributed by atoms with E-state index in [1.165, 1.54) is 4.90 Å². The number of urea groups is 1. The summed E-state index contributed by atoms with van der Waals surface area (Å²) in [6.07, 6.45) is 0.311. The van der Waals surface area contributed by atoms with Crippen LogP contribution in [0.2, 0.25) is 0 Å². The maximum atomic E-state index is 12.9. The fraction of sp³-hybridized carbons (Fsp3) is 0.556. The average Bonchev–Trinajstić information content (AvgIpc) is 3.05. The van der Waals surface area contributed by atoms with Gasteiger partial charge >= 0.3 is 6.03 Å². The van der Waals surface area contributed by atoms with E-state index in [0.29, 0.717) is 39.3 Å². The summed E-state index contributed by atoms with van der Waals surface area (Å²) >= 11 is 0. The van der Waals surface area contributed by atoms with Crippen molar-refractivity contribution in [3.63, 3.8) is 0 Å². The zero-order valence-corrected chi connectivity index (χ0v) is 14.8. The van der Waals surface area contributed by atoms with E-state index in [1.54, 1.807) is 23.9 Å². The molecule has 1 aromatic rings. The predicted molar refractivity (Wildman–Crippen MR) is 92.5 cm³/mol. The highest BCUT2D eigenvalue weighted by molar-refractivity contribution is 5.88. The van der Waals surface area contributed by atoms with Crippen molar-refractivity contribution in [1.82, 2.24) is 14.7 Å². The average molecular weight is 347 g/mol. The first-order valence-corrected chi connectivity index (χ1v) is 8.62. The molecule has 0 unspecified atom stereocenters. The molecule has 7 heteroatoms. The van der Waals surface area contributed by atoms with Gasteiger partial charge in [-0.3, -0.25) is 4.79 Å². The fourth-order valence-electron chi connectivity index (χ4n) is 3.27. The normalized spacial score (nSPS) is 23.4. The molecule has 3 amide bonds. The first-order chi connectivity index (χ1) is 12.1. The van der Waals surface area contributed by atoms with Gasteiger partial charge in [0.25, 0.3) is 0 Å². The Balaban J connectivity index is 1.73. The van der Waals surface area contributed by atoms with Crippen molar-refractivity contribution < 1.29 is 19.1 Å². The lowest BCUT2D eigenvalue weighted by Gasteiger charge is -2.33. The summed E-state index contributed by atoms with van der Waals surface area (Å²) in [6, 6.07) is 8.86. The maximum absolute atomic E-state index is 12.9. The summed E-state index contributed by atoms with van der Waals surface area (Å²) in [7, 11) is 3.40. The summed E-state index contributed by atoms with van der Waals surface area (Å²) in [6.45, 7) is 2.65. The molecular weight excluding hydrogens is 322 g/mol. The molecule has 0 aliphatic carbocycles. The largest absolute Gasteiger partial charge is 0.488 e. The molecule has 2 atom stereocenters. The minimum absolute atomic E-state index is 0.0161. The van der Waals surface area contributed by atoms with Gasteiger partial charge in [-0.15, -0.1) is 0 Å². The molecule has 2 heterocycles. The third-order valence-electron chi connectivity index (χ3n) is 4.54. The van der Waals surface area contributed by atoms with Gasteiger partial charge in [-0.05, 0) is 12.1 Å². The minimum Gasteiger partial charge on any atom is -0.488 e. The molecule has 2 aliphatic rings. The number of morpholine rings is 1. The highest BCUT2D eigenvalue weighted by Gasteiger charge is 2.43. The van der Waals surface area contributed by atoms with Crippen molar-refractivity contribution in [1.29, 1.82) is 0 Å². The summed E-state index contributed by atoms with van der Waals surface area (Å²) < 4.78 is 11.3. The van der Waals surface area contributed by atoms with Gasteiger partial charge in [0.1, 0.15) is 17.9 Å². The molecule has 0 saturated carbocycles. The monoisotopic (exact) mass is 347 g/mol. The number of likely N-dealkylation sites (tertiary alicyclic amines) is 1. The molecule has 0 bridgehead atoms. The van der Waals surface area contributed by atoms with E-state index < -0.39 is 6.04 Å². The lowest BCUT2D eigenvalue weighted by atomic mass is 10.1. The molecule has 2 aliphatic heterocycles. The SMILES string of the molecule is CN(C)C(=O)N1C[C@@H](Oc2ccccc2)C[C@H]1C(=O)N1CCOCC1. The van der Waals surface area contributed by atoms with Gasteiger partial charge in [0.05, 0.1) is 19.8 Å². The van der Waals surface area contributed by atoms with E-state index in [1.807, 2.05) is 30.3 Å². The number of hydrogen-bond acceptors (Lipinski definition) is 4. The van der Waals surface area contributed by atoms with Crippen LogP contribution in [-0.2, 0) is 9.53 Å². The lowest BCUT2D eigenvalue weighted by molar-refractivity contribution is -0.139. The van der Waals surface area contributed by atoms with Crippen molar-refractivity contribution in [2.24, 2.45) is 0 Å². The second-order valence-corrected chi connectivity index (χ2v) is 6.57. The van der Waals surface area contributed by atoms with Gasteiger partial charge in [-0.1, -0.05) is 18.2 Å². The number of hydrogen-bond donors (Lipinski definition) is 0. The van der Waals surface area contributed by atoms with Crippen molar-refractivity contribution >= 4 is 11.9 Å². The number of rotatable bonds is 3. The lowest BCUT2D eigenvalue weighted by Crippen LogP contribution is -2.52. The molecule has 0 spiro atoms. The van der Waals surface area contributed by atoms with E-state index >= 15 is 0 Å². The standard InChI is InChI=1S/C18H25N3O4/c1-19(2)18(23)21-13-15(25-14-6-4-3-5-7-14)12-16(21)17(22)20-8-10-24-11-9-20/h3-7,15-16H,8-13H2,1-2H3/t15-,16-/m0/s1. The Morgan fingerprint density at radius 1 is 1.16 bits per heavy atom. The number of nitrogens with zero attached hydrogens (tertiary/aromatic N) is 3. The molecule has 25 heavy (non-hydrogen) atoms. The highest BCUT2D eigenvalue weighted by Crippen LogP contribution is 2.25. The Kier molecular flexibility index (Phi) is 5.43. The van der Waals surface area contributed by atoms with Gasteiger partial charge < -0.3 is 24.2 Å². The first kappa shape index (κ1) is 17.5. The molecule has 0 aromatic heterocycles. The van der Waals surface area contributed by atoms with E-state index in [-0.39, 0.29) is 18.0 Å². The molecular formula is C18H25N3O4. The minimum atomic E-state index is -0.485. The topological polar surface area (TPSA) is 62.3 Å². The molecule has 0 N–H and O–H groups in total. The van der Waals surface area contributed by atoms with Crippen molar-refractivity contribution in [2.75, 3.05) is 46.9 Å². The van der Waals surface area contributed by atoms with Crippen LogP contribution in [0.3, 0.4) is 0 Å². The number of benzene rings is 1. The number of carbonyl (C=O) groups is 2. The first-order valence-electron chi connectivity index (χ1n) is 8.62. The van der Waals surface area contributed by atoms with Crippen LogP contribution in [0.25, 0.3) is 0 Å². The van der Waals surface area contributed by atoms with Crippen LogP contribution in [-0.4, -0.2) is 85.7 Å². The Bertz CT molecular complexity index is 602. The van der Waals surface area contributed by atoms with Crippen LogP contribution in [0, 0.1) is 0 Å². The van der Waals surface area contributed by atoms with Gasteiger partial charge in [0.2, 0.25) is 5.91 Å². The zero-order chi connectivity index (χ0) is 17.8. The summed E-state index contributed by atoms with van der Waals surface area (Å²) in [5.41, 5.74) is 0. The number of amides is 3. The number of carbonyl (C=O) groups excluding carboxylic acids is 2. The van der Waals surface area contributed by atoms with Gasteiger partial charge in [0, 0.05) is 33.6 Å². The fourth-order valence-corrected chi connectivity index (χ4v) is 3.27. The quantitative estimate of drug-likeness (QED) is 0.820. The summed E-state index contributed by atoms with van der Waals surface area (Å²) in [4.78, 5) is 30.4. The van der Waals surface area contributed by atoms with Crippen molar-refractivity contribution in [2.45, 2.75) is 18.6 Å². The third kappa shape index (κ3) is 4.04. The smallest absolute Gasteiger partial charge is 0.320 e. The van der Waals surface area contributed by atoms with Gasteiger partial charge in [-0.25, -0.2) is 4.79 Å². The molecule has 136 valence electrons. The molecule has 7 nitrogen and oxygen atoms in total. The highest BCUT2D eigenvalue weighted by atomic mass is 16.5. The Hall–Kier alpha value is -2.28. The second kappa shape index (κ2) is 7.74. The summed E-state index contributed by atoms with van der Waals surface area (Å²) in [5, 5.41) is 0. The van der Waals surface area contributed by atoms with Crippen LogP contribution in [0.5, 0.6) is 5.75 Å². The predicted octanol–water partition coefficient (Wildman–Crippen LogP) is 1.05. The zero-order valence-electron chi connectivity index (χ0n) is 14.8. The van der Waals surface area contributed by atoms with Crippen LogP contribution in [0.15, 0.2) is 30.3 Å². The maximum Gasteiger partial charge on any atom is 0.320 e. The molecule has 0 radical (unpaired) electrons. The van der Waals surface area contributed by atoms with E-state index in [9.17, 15) is 9.59 Å². The van der Waals surface area contributed by atoms with E-state index in [4.69, 9.17) is 9.47 Å². The number of ether oxygens (including phenoxy) is 2. The molecule has 1 aromatic carbocycles.